The van der Waals surface area contributed by atoms with Crippen LogP contribution < -0.4 is 9.64 Å². The predicted octanol–water partition coefficient (Wildman–Crippen LogP) is 4.11. The Morgan fingerprint density at radius 2 is 1.71 bits per heavy atom. The molecule has 1 amide bonds. The quantitative estimate of drug-likeness (QED) is 0.424. The number of amides is 1. The van der Waals surface area contributed by atoms with Crippen LogP contribution in [-0.2, 0) is 11.3 Å². The maximum Gasteiger partial charge on any atom is 0.242 e. The number of imidazole rings is 1. The molecule has 0 aliphatic carbocycles. The molecule has 1 saturated heterocycles. The van der Waals surface area contributed by atoms with Crippen LogP contribution in [-0.4, -0.2) is 58.6 Å². The second kappa shape index (κ2) is 9.97. The minimum atomic E-state index is -0.296. The van der Waals surface area contributed by atoms with Crippen LogP contribution in [0, 0.1) is 5.82 Å². The molecule has 4 aromatic rings. The number of benzene rings is 2. The molecule has 5 rings (SSSR count). The fourth-order valence-electron chi connectivity index (χ4n) is 4.24. The number of anilines is 1. The van der Waals surface area contributed by atoms with Crippen LogP contribution in [0.1, 0.15) is 0 Å². The smallest absolute Gasteiger partial charge is 0.242 e. The summed E-state index contributed by atoms with van der Waals surface area (Å²) < 4.78 is 20.6. The molecule has 1 aliphatic heterocycles. The average Bonchev–Trinajstić information content (AvgIpc) is 3.33. The summed E-state index contributed by atoms with van der Waals surface area (Å²) in [5.74, 6) is 2.05. The topological polar surface area (TPSA) is 63.5 Å². The van der Waals surface area contributed by atoms with E-state index in [0.29, 0.717) is 37.7 Å². The van der Waals surface area contributed by atoms with E-state index in [1.54, 1.807) is 25.4 Å². The lowest BCUT2D eigenvalue weighted by Gasteiger charge is -2.35. The lowest BCUT2D eigenvalue weighted by atomic mass is 10.2. The number of rotatable bonds is 6. The van der Waals surface area contributed by atoms with Gasteiger partial charge in [-0.25, -0.2) is 14.4 Å². The van der Waals surface area contributed by atoms with Gasteiger partial charge in [0, 0.05) is 55.8 Å². The molecule has 0 saturated carbocycles. The van der Waals surface area contributed by atoms with Crippen molar-refractivity contribution in [3.8, 4) is 28.4 Å². The highest BCUT2D eigenvalue weighted by Gasteiger charge is 2.23. The van der Waals surface area contributed by atoms with Crippen molar-refractivity contribution in [2.45, 2.75) is 6.54 Å². The first-order valence-corrected chi connectivity index (χ1v) is 11.5. The van der Waals surface area contributed by atoms with Gasteiger partial charge in [-0.3, -0.25) is 4.79 Å². The number of aromatic nitrogens is 3. The van der Waals surface area contributed by atoms with Gasteiger partial charge in [0.1, 0.15) is 29.8 Å². The highest BCUT2D eigenvalue weighted by molar-refractivity contribution is 5.78. The molecule has 1 aliphatic rings. The Morgan fingerprint density at radius 1 is 0.971 bits per heavy atom. The molecule has 0 atom stereocenters. The molecule has 178 valence electrons. The second-order valence-corrected chi connectivity index (χ2v) is 8.37. The number of carbonyl (C=O) groups is 1. The highest BCUT2D eigenvalue weighted by Crippen LogP contribution is 2.26. The van der Waals surface area contributed by atoms with Crippen molar-refractivity contribution >= 4 is 11.7 Å². The van der Waals surface area contributed by atoms with E-state index in [9.17, 15) is 9.18 Å². The van der Waals surface area contributed by atoms with Crippen LogP contribution in [0.15, 0.2) is 79.1 Å². The van der Waals surface area contributed by atoms with E-state index in [1.807, 2.05) is 58.1 Å². The minimum absolute atomic E-state index is 0.0310. The molecule has 0 radical (unpaired) electrons. The van der Waals surface area contributed by atoms with Crippen LogP contribution in [0.4, 0.5) is 10.2 Å². The number of hydrogen-bond donors (Lipinski definition) is 0. The summed E-state index contributed by atoms with van der Waals surface area (Å²) in [6, 6.07) is 19.7. The fraction of sp³-hybridized carbons (Fsp3) is 0.222. The van der Waals surface area contributed by atoms with Gasteiger partial charge in [-0.05, 0) is 30.3 Å². The Labute approximate surface area is 203 Å². The lowest BCUT2D eigenvalue weighted by Crippen LogP contribution is -2.49. The Morgan fingerprint density at radius 3 is 2.43 bits per heavy atom. The van der Waals surface area contributed by atoms with Gasteiger partial charge in [0.15, 0.2) is 0 Å². The molecule has 0 N–H and O–H groups in total. The molecule has 8 heteroatoms. The van der Waals surface area contributed by atoms with Crippen molar-refractivity contribution in [3.63, 3.8) is 0 Å². The Kier molecular flexibility index (Phi) is 6.43. The van der Waals surface area contributed by atoms with Crippen molar-refractivity contribution in [2.75, 3.05) is 38.2 Å². The zero-order valence-corrected chi connectivity index (χ0v) is 19.5. The third-order valence-corrected chi connectivity index (χ3v) is 6.16. The number of nitrogens with zero attached hydrogens (tertiary/aromatic N) is 5. The number of carbonyl (C=O) groups excluding carboxylic acids is 1. The zero-order chi connectivity index (χ0) is 24.2. The third kappa shape index (κ3) is 5.01. The van der Waals surface area contributed by atoms with E-state index < -0.39 is 0 Å². The van der Waals surface area contributed by atoms with E-state index in [1.165, 1.54) is 12.1 Å². The van der Waals surface area contributed by atoms with Crippen molar-refractivity contribution in [1.82, 2.24) is 19.4 Å². The molecule has 7 nitrogen and oxygen atoms in total. The standard InChI is InChI=1S/C27H26FN5O2/c1-35-23-11-12-29-25(17-23)31-13-15-32(16-14-31)26(34)19-33-18-24(20-7-9-22(28)10-8-20)30-27(33)21-5-3-2-4-6-21/h2-12,17-18H,13-16,19H2,1H3. The van der Waals surface area contributed by atoms with E-state index in [-0.39, 0.29) is 18.3 Å². The summed E-state index contributed by atoms with van der Waals surface area (Å²) in [5, 5.41) is 0. The highest BCUT2D eigenvalue weighted by atomic mass is 19.1. The number of ether oxygens (including phenoxy) is 1. The largest absolute Gasteiger partial charge is 0.497 e. The molecule has 3 heterocycles. The van der Waals surface area contributed by atoms with E-state index in [4.69, 9.17) is 9.72 Å². The van der Waals surface area contributed by atoms with Crippen LogP contribution in [0.3, 0.4) is 0 Å². The van der Waals surface area contributed by atoms with Gasteiger partial charge in [-0.1, -0.05) is 30.3 Å². The van der Waals surface area contributed by atoms with Gasteiger partial charge >= 0.3 is 0 Å². The Hall–Kier alpha value is -4.20. The minimum Gasteiger partial charge on any atom is -0.497 e. The van der Waals surface area contributed by atoms with Gasteiger partial charge in [-0.15, -0.1) is 0 Å². The SMILES string of the molecule is COc1ccnc(N2CCN(C(=O)Cn3cc(-c4ccc(F)cc4)nc3-c3ccccc3)CC2)c1. The van der Waals surface area contributed by atoms with Crippen LogP contribution in [0.2, 0.25) is 0 Å². The summed E-state index contributed by atoms with van der Waals surface area (Å²) in [6.45, 7) is 2.79. The summed E-state index contributed by atoms with van der Waals surface area (Å²) in [6.07, 6.45) is 3.60. The molecule has 1 fully saturated rings. The first kappa shape index (κ1) is 22.6. The molecular weight excluding hydrogens is 445 g/mol. The third-order valence-electron chi connectivity index (χ3n) is 6.16. The molecular formula is C27H26FN5O2. The van der Waals surface area contributed by atoms with E-state index in [2.05, 4.69) is 9.88 Å². The Bertz CT molecular complexity index is 1300. The molecule has 2 aromatic heterocycles. The van der Waals surface area contributed by atoms with Crippen molar-refractivity contribution in [1.29, 1.82) is 0 Å². The molecule has 0 unspecified atom stereocenters. The zero-order valence-electron chi connectivity index (χ0n) is 19.5. The molecule has 0 spiro atoms. The van der Waals surface area contributed by atoms with Crippen LogP contribution >= 0.6 is 0 Å². The first-order chi connectivity index (χ1) is 17.1. The number of methoxy groups -OCH3 is 1. The second-order valence-electron chi connectivity index (χ2n) is 8.37. The van der Waals surface area contributed by atoms with Gasteiger partial charge < -0.3 is 19.1 Å². The number of halogens is 1. The number of pyridine rings is 1. The predicted molar refractivity (Wildman–Crippen MR) is 133 cm³/mol. The van der Waals surface area contributed by atoms with Gasteiger partial charge in [0.05, 0.1) is 12.8 Å². The van der Waals surface area contributed by atoms with Crippen LogP contribution in [0.5, 0.6) is 5.75 Å². The summed E-state index contributed by atoms with van der Waals surface area (Å²) >= 11 is 0. The van der Waals surface area contributed by atoms with Gasteiger partial charge in [0.25, 0.3) is 0 Å². The van der Waals surface area contributed by atoms with E-state index >= 15 is 0 Å². The molecule has 0 bridgehead atoms. The monoisotopic (exact) mass is 471 g/mol. The maximum absolute atomic E-state index is 13.4. The van der Waals surface area contributed by atoms with Gasteiger partial charge in [-0.2, -0.15) is 0 Å². The van der Waals surface area contributed by atoms with Gasteiger partial charge in [0.2, 0.25) is 5.91 Å². The van der Waals surface area contributed by atoms with Crippen molar-refractivity contribution < 1.29 is 13.9 Å². The summed E-state index contributed by atoms with van der Waals surface area (Å²) in [7, 11) is 1.64. The van der Waals surface area contributed by atoms with E-state index in [0.717, 1.165) is 22.7 Å². The van der Waals surface area contributed by atoms with Crippen molar-refractivity contribution in [3.05, 3.63) is 84.9 Å². The molecule has 35 heavy (non-hydrogen) atoms. The summed E-state index contributed by atoms with van der Waals surface area (Å²) in [5.41, 5.74) is 2.42. The number of hydrogen-bond acceptors (Lipinski definition) is 5. The fourth-order valence-corrected chi connectivity index (χ4v) is 4.24. The van der Waals surface area contributed by atoms with Crippen molar-refractivity contribution in [2.24, 2.45) is 0 Å². The number of piperazine rings is 1. The van der Waals surface area contributed by atoms with Crippen LogP contribution in [0.25, 0.3) is 22.6 Å². The Balaban J connectivity index is 1.32. The average molecular weight is 472 g/mol. The normalized spacial score (nSPS) is 13.7. The first-order valence-electron chi connectivity index (χ1n) is 11.5. The summed E-state index contributed by atoms with van der Waals surface area (Å²) in [4.78, 5) is 26.5. The molecule has 2 aromatic carbocycles. The maximum atomic E-state index is 13.4. The lowest BCUT2D eigenvalue weighted by molar-refractivity contribution is -0.132.